The highest BCUT2D eigenvalue weighted by molar-refractivity contribution is 5.59. The van der Waals surface area contributed by atoms with E-state index in [1.807, 2.05) is 37.4 Å². The first-order valence-corrected chi connectivity index (χ1v) is 5.01. The first-order chi connectivity index (χ1) is 7.29. The molecule has 0 atom stereocenters. The van der Waals surface area contributed by atoms with Crippen molar-refractivity contribution in [1.29, 1.82) is 0 Å². The van der Waals surface area contributed by atoms with E-state index in [-0.39, 0.29) is 0 Å². The number of hydrogen-bond acceptors (Lipinski definition) is 2. The zero-order valence-corrected chi connectivity index (χ0v) is 8.75. The van der Waals surface area contributed by atoms with Crippen molar-refractivity contribution in [3.63, 3.8) is 0 Å². The number of nitrogens with one attached hydrogen (secondary N) is 2. The van der Waals surface area contributed by atoms with Crippen molar-refractivity contribution in [2.75, 3.05) is 11.9 Å². The predicted octanol–water partition coefficient (Wildman–Crippen LogP) is 2.69. The molecule has 0 bridgehead atoms. The Morgan fingerprint density at radius 3 is 3.07 bits per heavy atom. The summed E-state index contributed by atoms with van der Waals surface area (Å²) in [7, 11) is 0. The van der Waals surface area contributed by atoms with Gasteiger partial charge in [-0.25, -0.2) is 4.98 Å². The molecule has 2 aromatic rings. The van der Waals surface area contributed by atoms with Crippen LogP contribution in [-0.4, -0.2) is 16.5 Å². The van der Waals surface area contributed by atoms with Crippen molar-refractivity contribution in [2.45, 2.75) is 6.92 Å². The third kappa shape index (κ3) is 2.18. The van der Waals surface area contributed by atoms with Gasteiger partial charge in [0.15, 0.2) is 0 Å². The summed E-state index contributed by atoms with van der Waals surface area (Å²) in [6.07, 6.45) is 1.87. The average Bonchev–Trinajstić information content (AvgIpc) is 2.67. The van der Waals surface area contributed by atoms with E-state index in [1.165, 1.54) is 0 Å². The standard InChI is InChI=1S/C12H14N3/c1-3-13-11-8-14-12(15-11)10-6-4-5-9(2)7-10/h4-8,13H,2-3H2,1H3,(H,14,15). The quantitative estimate of drug-likeness (QED) is 0.799. The summed E-state index contributed by atoms with van der Waals surface area (Å²) in [5.74, 6) is 1.75. The van der Waals surface area contributed by atoms with Crippen LogP contribution in [0.4, 0.5) is 5.82 Å². The van der Waals surface area contributed by atoms with Crippen LogP contribution in [-0.2, 0) is 0 Å². The van der Waals surface area contributed by atoms with E-state index in [9.17, 15) is 0 Å². The number of aromatic amines is 1. The molecule has 77 valence electrons. The van der Waals surface area contributed by atoms with E-state index in [2.05, 4.69) is 22.2 Å². The summed E-state index contributed by atoms with van der Waals surface area (Å²) < 4.78 is 0. The Morgan fingerprint density at radius 2 is 2.33 bits per heavy atom. The van der Waals surface area contributed by atoms with Crippen molar-refractivity contribution in [3.8, 4) is 11.4 Å². The van der Waals surface area contributed by atoms with Crippen molar-refractivity contribution < 1.29 is 0 Å². The Balaban J connectivity index is 2.29. The van der Waals surface area contributed by atoms with E-state index >= 15 is 0 Å². The molecule has 2 rings (SSSR count). The topological polar surface area (TPSA) is 40.7 Å². The number of rotatable bonds is 3. The van der Waals surface area contributed by atoms with Crippen LogP contribution >= 0.6 is 0 Å². The van der Waals surface area contributed by atoms with E-state index in [1.54, 1.807) is 0 Å². The van der Waals surface area contributed by atoms with Gasteiger partial charge in [-0.05, 0) is 25.5 Å². The highest BCUT2D eigenvalue weighted by Gasteiger charge is 2.02. The fraction of sp³-hybridized carbons (Fsp3) is 0.167. The lowest BCUT2D eigenvalue weighted by atomic mass is 10.1. The van der Waals surface area contributed by atoms with Crippen LogP contribution in [0.25, 0.3) is 11.4 Å². The minimum atomic E-state index is 0.872. The smallest absolute Gasteiger partial charge is 0.144 e. The van der Waals surface area contributed by atoms with Crippen LogP contribution < -0.4 is 5.32 Å². The Morgan fingerprint density at radius 1 is 1.47 bits per heavy atom. The lowest BCUT2D eigenvalue weighted by Gasteiger charge is -1.98. The van der Waals surface area contributed by atoms with E-state index in [0.717, 1.165) is 29.3 Å². The maximum absolute atomic E-state index is 4.42. The number of aromatic nitrogens is 2. The maximum atomic E-state index is 4.42. The zero-order chi connectivity index (χ0) is 10.7. The molecule has 1 heterocycles. The normalized spacial score (nSPS) is 10.3. The van der Waals surface area contributed by atoms with Gasteiger partial charge in [0.2, 0.25) is 0 Å². The minimum absolute atomic E-state index is 0.872. The van der Waals surface area contributed by atoms with Crippen molar-refractivity contribution in [2.24, 2.45) is 0 Å². The fourth-order valence-electron chi connectivity index (χ4n) is 1.46. The molecular formula is C12H14N3. The Hall–Kier alpha value is -1.77. The van der Waals surface area contributed by atoms with Crippen LogP contribution in [0.3, 0.4) is 0 Å². The lowest BCUT2D eigenvalue weighted by Crippen LogP contribution is -1.95. The van der Waals surface area contributed by atoms with Crippen LogP contribution in [0, 0.1) is 6.92 Å². The molecule has 1 aromatic heterocycles. The molecule has 0 saturated heterocycles. The average molecular weight is 200 g/mol. The highest BCUT2D eigenvalue weighted by Crippen LogP contribution is 2.18. The number of anilines is 1. The van der Waals surface area contributed by atoms with E-state index in [4.69, 9.17) is 0 Å². The molecule has 0 aliphatic heterocycles. The van der Waals surface area contributed by atoms with Gasteiger partial charge in [-0.2, -0.15) is 0 Å². The van der Waals surface area contributed by atoms with Gasteiger partial charge in [0, 0.05) is 18.3 Å². The first kappa shape index (κ1) is 9.77. The molecule has 3 heteroatoms. The van der Waals surface area contributed by atoms with Crippen LogP contribution in [0.1, 0.15) is 12.5 Å². The molecule has 1 aromatic carbocycles. The first-order valence-electron chi connectivity index (χ1n) is 5.01. The number of imidazole rings is 1. The monoisotopic (exact) mass is 200 g/mol. The fourth-order valence-corrected chi connectivity index (χ4v) is 1.46. The van der Waals surface area contributed by atoms with Crippen LogP contribution in [0.5, 0.6) is 0 Å². The van der Waals surface area contributed by atoms with Crippen LogP contribution in [0.15, 0.2) is 30.5 Å². The van der Waals surface area contributed by atoms with Gasteiger partial charge >= 0.3 is 0 Å². The molecule has 0 fully saturated rings. The summed E-state index contributed by atoms with van der Waals surface area (Å²) >= 11 is 0. The molecule has 0 spiro atoms. The van der Waals surface area contributed by atoms with Gasteiger partial charge in [-0.1, -0.05) is 18.2 Å². The Kier molecular flexibility index (Phi) is 2.72. The van der Waals surface area contributed by atoms with Gasteiger partial charge in [0.05, 0.1) is 0 Å². The largest absolute Gasteiger partial charge is 0.369 e. The SMILES string of the molecule is [CH2]c1cccc(-c2nc(NCC)c[nH]2)c1. The second-order valence-electron chi connectivity index (χ2n) is 3.37. The number of H-pyrrole nitrogens is 1. The molecule has 0 saturated carbocycles. The van der Waals surface area contributed by atoms with Crippen molar-refractivity contribution in [1.82, 2.24) is 9.97 Å². The highest BCUT2D eigenvalue weighted by atomic mass is 15.1. The van der Waals surface area contributed by atoms with Gasteiger partial charge in [-0.15, -0.1) is 0 Å². The van der Waals surface area contributed by atoms with Gasteiger partial charge in [-0.3, -0.25) is 0 Å². The molecule has 0 aliphatic rings. The minimum Gasteiger partial charge on any atom is -0.369 e. The maximum Gasteiger partial charge on any atom is 0.144 e. The summed E-state index contributed by atoms with van der Waals surface area (Å²) in [4.78, 5) is 7.55. The van der Waals surface area contributed by atoms with Crippen LogP contribution in [0.2, 0.25) is 0 Å². The molecule has 1 radical (unpaired) electrons. The molecular weight excluding hydrogens is 186 g/mol. The van der Waals surface area contributed by atoms with E-state index in [0.29, 0.717) is 0 Å². The number of nitrogens with zero attached hydrogens (tertiary/aromatic N) is 1. The summed E-state index contributed by atoms with van der Waals surface area (Å²) in [5, 5.41) is 3.15. The number of hydrogen-bond donors (Lipinski definition) is 2. The Labute approximate surface area is 89.6 Å². The summed E-state index contributed by atoms with van der Waals surface area (Å²) in [5.41, 5.74) is 2.06. The zero-order valence-electron chi connectivity index (χ0n) is 8.75. The van der Waals surface area contributed by atoms with Crippen molar-refractivity contribution in [3.05, 3.63) is 42.9 Å². The molecule has 0 amide bonds. The molecule has 2 N–H and O–H groups in total. The van der Waals surface area contributed by atoms with E-state index < -0.39 is 0 Å². The lowest BCUT2D eigenvalue weighted by molar-refractivity contribution is 1.18. The van der Waals surface area contributed by atoms with Gasteiger partial charge < -0.3 is 10.3 Å². The second kappa shape index (κ2) is 4.17. The second-order valence-corrected chi connectivity index (χ2v) is 3.37. The third-order valence-electron chi connectivity index (χ3n) is 2.14. The Bertz CT molecular complexity index is 446. The predicted molar refractivity (Wildman–Crippen MR) is 62.6 cm³/mol. The molecule has 0 unspecified atom stereocenters. The molecule has 15 heavy (non-hydrogen) atoms. The molecule has 0 aliphatic carbocycles. The van der Waals surface area contributed by atoms with Crippen molar-refractivity contribution >= 4 is 5.82 Å². The molecule has 3 nitrogen and oxygen atoms in total. The van der Waals surface area contributed by atoms with Gasteiger partial charge in [0.1, 0.15) is 11.6 Å². The summed E-state index contributed by atoms with van der Waals surface area (Å²) in [6, 6.07) is 7.97. The number of benzene rings is 1. The van der Waals surface area contributed by atoms with Gasteiger partial charge in [0.25, 0.3) is 0 Å². The summed E-state index contributed by atoms with van der Waals surface area (Å²) in [6.45, 7) is 6.81. The third-order valence-corrected chi connectivity index (χ3v) is 2.14.